The van der Waals surface area contributed by atoms with Crippen LogP contribution in [0, 0.1) is 13.8 Å². The van der Waals surface area contributed by atoms with Gasteiger partial charge in [-0.15, -0.1) is 0 Å². The third-order valence-corrected chi connectivity index (χ3v) is 5.82. The molecule has 0 spiro atoms. The van der Waals surface area contributed by atoms with Crippen molar-refractivity contribution in [1.82, 2.24) is 14.4 Å². The zero-order valence-corrected chi connectivity index (χ0v) is 18.9. The number of aryl methyl sites for hydroxylation is 1. The van der Waals surface area contributed by atoms with E-state index in [1.165, 1.54) is 0 Å². The number of halogens is 1. The molecular weight excluding hydrogens is 402 g/mol. The number of Topliss-reactive ketones (excluding diaryl/α,β-unsaturated/α-hetero) is 1. The average molecular weight is 432 g/mol. The molecule has 0 unspecified atom stereocenters. The molecule has 6 nitrogen and oxygen atoms in total. The summed E-state index contributed by atoms with van der Waals surface area (Å²) in [7, 11) is 0. The predicted octanol–water partition coefficient (Wildman–Crippen LogP) is 3.75. The fourth-order valence-corrected chi connectivity index (χ4v) is 4.19. The molecule has 162 valence electrons. The van der Waals surface area contributed by atoms with Crippen molar-refractivity contribution in [1.29, 1.82) is 0 Å². The molecule has 30 heavy (non-hydrogen) atoms. The Morgan fingerprint density at radius 1 is 1.07 bits per heavy atom. The van der Waals surface area contributed by atoms with Crippen molar-refractivity contribution in [3.8, 4) is 5.75 Å². The number of hydrogen-bond acceptors (Lipinski definition) is 4. The molecule has 1 fully saturated rings. The molecule has 0 aliphatic carbocycles. The van der Waals surface area contributed by atoms with Crippen molar-refractivity contribution in [2.75, 3.05) is 39.3 Å². The van der Waals surface area contributed by atoms with Gasteiger partial charge >= 0.3 is 0 Å². The normalized spacial score (nSPS) is 14.9. The van der Waals surface area contributed by atoms with Crippen LogP contribution < -0.4 is 4.74 Å². The molecule has 0 radical (unpaired) electrons. The van der Waals surface area contributed by atoms with Gasteiger partial charge in [0.2, 0.25) is 0 Å². The summed E-state index contributed by atoms with van der Waals surface area (Å²) in [4.78, 5) is 29.2. The van der Waals surface area contributed by atoms with Gasteiger partial charge in [-0.25, -0.2) is 0 Å². The van der Waals surface area contributed by atoms with Crippen LogP contribution in [-0.4, -0.2) is 65.4 Å². The van der Waals surface area contributed by atoms with Gasteiger partial charge in [0.15, 0.2) is 12.4 Å². The van der Waals surface area contributed by atoms with Crippen molar-refractivity contribution in [3.05, 3.63) is 52.3 Å². The summed E-state index contributed by atoms with van der Waals surface area (Å²) in [5.74, 6) is 0.716. The maximum atomic E-state index is 12.9. The number of piperazine rings is 1. The molecule has 1 amide bonds. The molecule has 0 bridgehead atoms. The second-order valence-electron chi connectivity index (χ2n) is 8.07. The van der Waals surface area contributed by atoms with E-state index >= 15 is 0 Å². The molecule has 7 heteroatoms. The number of ketones is 1. The Morgan fingerprint density at radius 3 is 2.27 bits per heavy atom. The van der Waals surface area contributed by atoms with E-state index in [-0.39, 0.29) is 18.3 Å². The molecule has 1 aliphatic rings. The first-order valence-corrected chi connectivity index (χ1v) is 10.7. The lowest BCUT2D eigenvalue weighted by atomic mass is 10.1. The maximum absolute atomic E-state index is 12.9. The van der Waals surface area contributed by atoms with Crippen LogP contribution in [0.3, 0.4) is 0 Å². The highest BCUT2D eigenvalue weighted by Gasteiger charge is 2.24. The first-order valence-electron chi connectivity index (χ1n) is 10.4. The number of rotatable bonds is 7. The topological polar surface area (TPSA) is 54.8 Å². The lowest BCUT2D eigenvalue weighted by Crippen LogP contribution is -2.51. The Kier molecular flexibility index (Phi) is 7.21. The Morgan fingerprint density at radius 2 is 1.70 bits per heavy atom. The number of aromatic nitrogens is 1. The molecule has 3 rings (SSSR count). The summed E-state index contributed by atoms with van der Waals surface area (Å²) >= 11 is 5.86. The van der Waals surface area contributed by atoms with E-state index in [0.29, 0.717) is 49.5 Å². The van der Waals surface area contributed by atoms with Crippen molar-refractivity contribution >= 4 is 23.3 Å². The average Bonchev–Trinajstić information content (AvgIpc) is 3.02. The van der Waals surface area contributed by atoms with Crippen LogP contribution in [0.1, 0.15) is 41.6 Å². The SMILES string of the molecule is Cc1cc(C(=O)CN2CCN(C(=O)COc3ccc(Cl)cc3)CC2)c(C)n1C(C)C. The summed E-state index contributed by atoms with van der Waals surface area (Å²) in [5.41, 5.74) is 2.94. The van der Waals surface area contributed by atoms with Crippen LogP contribution in [0.5, 0.6) is 5.75 Å². The first-order chi connectivity index (χ1) is 14.3. The Balaban J connectivity index is 1.48. The summed E-state index contributed by atoms with van der Waals surface area (Å²) in [6.07, 6.45) is 0. The summed E-state index contributed by atoms with van der Waals surface area (Å²) < 4.78 is 7.75. The molecular formula is C23H30ClN3O3. The minimum atomic E-state index is -0.0450. The summed E-state index contributed by atoms with van der Waals surface area (Å²) in [5, 5.41) is 0.630. The molecule has 0 N–H and O–H groups in total. The van der Waals surface area contributed by atoms with Crippen molar-refractivity contribution < 1.29 is 14.3 Å². The second-order valence-corrected chi connectivity index (χ2v) is 8.51. The number of carbonyl (C=O) groups excluding carboxylic acids is 2. The van der Waals surface area contributed by atoms with Gasteiger partial charge in [-0.05, 0) is 58.0 Å². The highest BCUT2D eigenvalue weighted by Crippen LogP contribution is 2.21. The molecule has 2 heterocycles. The lowest BCUT2D eigenvalue weighted by Gasteiger charge is -2.34. The van der Waals surface area contributed by atoms with E-state index in [2.05, 4.69) is 23.3 Å². The van der Waals surface area contributed by atoms with E-state index in [0.717, 1.165) is 17.0 Å². The maximum Gasteiger partial charge on any atom is 0.260 e. The van der Waals surface area contributed by atoms with Crippen LogP contribution >= 0.6 is 11.6 Å². The van der Waals surface area contributed by atoms with E-state index in [4.69, 9.17) is 16.3 Å². The molecule has 1 aromatic heterocycles. The number of nitrogens with zero attached hydrogens (tertiary/aromatic N) is 3. The summed E-state index contributed by atoms with van der Waals surface area (Å²) in [6.45, 7) is 11.2. The zero-order chi connectivity index (χ0) is 21.8. The van der Waals surface area contributed by atoms with Gasteiger partial charge in [-0.3, -0.25) is 14.5 Å². The third kappa shape index (κ3) is 5.24. The number of amides is 1. The van der Waals surface area contributed by atoms with Crippen LogP contribution in [0.4, 0.5) is 0 Å². The Bertz CT molecular complexity index is 897. The van der Waals surface area contributed by atoms with Crippen molar-refractivity contribution in [2.45, 2.75) is 33.7 Å². The molecule has 2 aromatic rings. The number of benzene rings is 1. The van der Waals surface area contributed by atoms with E-state index in [1.54, 1.807) is 29.2 Å². The van der Waals surface area contributed by atoms with Gasteiger partial charge in [0.25, 0.3) is 5.91 Å². The Labute approximate surface area is 183 Å². The van der Waals surface area contributed by atoms with Gasteiger partial charge in [-0.1, -0.05) is 11.6 Å². The number of carbonyl (C=O) groups is 2. The minimum Gasteiger partial charge on any atom is -0.484 e. The molecule has 0 saturated carbocycles. The van der Waals surface area contributed by atoms with E-state index in [1.807, 2.05) is 19.9 Å². The molecule has 1 aliphatic heterocycles. The van der Waals surface area contributed by atoms with E-state index in [9.17, 15) is 9.59 Å². The first kappa shape index (κ1) is 22.4. The number of hydrogen-bond donors (Lipinski definition) is 0. The summed E-state index contributed by atoms with van der Waals surface area (Å²) in [6, 6.07) is 9.28. The van der Waals surface area contributed by atoms with Gasteiger partial charge < -0.3 is 14.2 Å². The van der Waals surface area contributed by atoms with Gasteiger partial charge in [-0.2, -0.15) is 0 Å². The zero-order valence-electron chi connectivity index (χ0n) is 18.2. The fourth-order valence-electron chi connectivity index (χ4n) is 4.06. The molecule has 1 saturated heterocycles. The monoisotopic (exact) mass is 431 g/mol. The minimum absolute atomic E-state index is 0.00174. The van der Waals surface area contributed by atoms with E-state index < -0.39 is 0 Å². The Hall–Kier alpha value is -2.31. The van der Waals surface area contributed by atoms with Crippen molar-refractivity contribution in [2.24, 2.45) is 0 Å². The van der Waals surface area contributed by atoms with Gasteiger partial charge in [0.1, 0.15) is 5.75 Å². The van der Waals surface area contributed by atoms with Gasteiger partial charge in [0, 0.05) is 54.2 Å². The smallest absolute Gasteiger partial charge is 0.260 e. The second kappa shape index (κ2) is 9.67. The van der Waals surface area contributed by atoms with Crippen LogP contribution in [-0.2, 0) is 4.79 Å². The highest BCUT2D eigenvalue weighted by atomic mass is 35.5. The molecule has 0 atom stereocenters. The predicted molar refractivity (Wildman–Crippen MR) is 119 cm³/mol. The van der Waals surface area contributed by atoms with Crippen molar-refractivity contribution in [3.63, 3.8) is 0 Å². The van der Waals surface area contributed by atoms with Crippen LogP contribution in [0.25, 0.3) is 0 Å². The quantitative estimate of drug-likeness (QED) is 0.626. The van der Waals surface area contributed by atoms with Crippen LogP contribution in [0.2, 0.25) is 5.02 Å². The molecule has 1 aromatic carbocycles. The number of ether oxygens (including phenoxy) is 1. The standard InChI is InChI=1S/C23H30ClN3O3/c1-16(2)27-17(3)13-21(18(27)4)22(28)14-25-9-11-26(12-10-25)23(29)15-30-20-7-5-19(24)6-8-20/h5-8,13,16H,9-12,14-15H2,1-4H3. The lowest BCUT2D eigenvalue weighted by molar-refractivity contribution is -0.135. The fraction of sp³-hybridized carbons (Fsp3) is 0.478. The van der Waals surface area contributed by atoms with Crippen LogP contribution in [0.15, 0.2) is 30.3 Å². The highest BCUT2D eigenvalue weighted by molar-refractivity contribution is 6.30. The van der Waals surface area contributed by atoms with Gasteiger partial charge in [0.05, 0.1) is 6.54 Å². The third-order valence-electron chi connectivity index (χ3n) is 5.57. The largest absolute Gasteiger partial charge is 0.484 e.